The average Bonchev–Trinajstić information content (AvgIpc) is 2.09. The normalized spacial score (nSPS) is 9.42. The average molecular weight is 278 g/mol. The van der Waals surface area contributed by atoms with Gasteiger partial charge in [-0.1, -0.05) is 0 Å². The van der Waals surface area contributed by atoms with Gasteiger partial charge in [-0.2, -0.15) is 0 Å². The first-order chi connectivity index (χ1) is 5.72. The van der Waals surface area contributed by atoms with Gasteiger partial charge in [0.15, 0.2) is 0 Å². The summed E-state index contributed by atoms with van der Waals surface area (Å²) in [6.45, 7) is 2.07. The Hall–Kier alpha value is 0.148. The van der Waals surface area contributed by atoms with E-state index in [1.807, 2.05) is 30.7 Å². The molecular weight excluding hydrogens is 270 g/mol. The molecule has 0 heterocycles. The van der Waals surface area contributed by atoms with Gasteiger partial charge in [-0.05, 0) is 0 Å². The molecule has 0 saturated heterocycles. The number of anilines is 1. The molecule has 0 atom stereocenters. The second-order valence-corrected chi connectivity index (χ2v) is 4.83. The van der Waals surface area contributed by atoms with E-state index in [-0.39, 0.29) is 0 Å². The summed E-state index contributed by atoms with van der Waals surface area (Å²) < 4.78 is 0.809. The summed E-state index contributed by atoms with van der Waals surface area (Å²) in [6.07, 6.45) is 0. The first-order valence-corrected chi connectivity index (χ1v) is 7.00. The summed E-state index contributed by atoms with van der Waals surface area (Å²) in [5, 5.41) is 3.12. The van der Waals surface area contributed by atoms with Crippen LogP contribution in [0.5, 0.6) is 0 Å². The van der Waals surface area contributed by atoms with Gasteiger partial charge in [0.2, 0.25) is 0 Å². The number of rotatable bonds is 1. The number of nitrogens with one attached hydrogen (secondary N) is 1. The van der Waals surface area contributed by atoms with Gasteiger partial charge < -0.3 is 0 Å². The van der Waals surface area contributed by atoms with E-state index in [0.29, 0.717) is 0 Å². The van der Waals surface area contributed by atoms with E-state index in [0.717, 1.165) is 10.0 Å². The molecule has 0 bridgehead atoms. The van der Waals surface area contributed by atoms with Crippen LogP contribution in [-0.2, 0) is 18.5 Å². The molecule has 0 amide bonds. The number of benzene rings is 1. The summed E-state index contributed by atoms with van der Waals surface area (Å²) in [5.41, 5.74) is 2.32. The Kier molecular flexibility index (Phi) is 4.27. The topological polar surface area (TPSA) is 12.0 Å². The van der Waals surface area contributed by atoms with Crippen molar-refractivity contribution in [2.75, 3.05) is 5.32 Å². The Bertz CT molecular complexity index is 271. The molecule has 0 fully saturated rings. The molecule has 1 aromatic carbocycles. The molecule has 63 valence electrons. The van der Waals surface area contributed by atoms with E-state index in [1.165, 1.54) is 5.56 Å². The fourth-order valence-electron chi connectivity index (χ4n) is 0.776. The van der Waals surface area contributed by atoms with Crippen LogP contribution in [0.4, 0.5) is 5.69 Å². The summed E-state index contributed by atoms with van der Waals surface area (Å²) in [7, 11) is 1.55. The quantitative estimate of drug-likeness (QED) is 0.626. The van der Waals surface area contributed by atoms with Crippen LogP contribution < -0.4 is 5.32 Å². The van der Waals surface area contributed by atoms with Crippen molar-refractivity contribution in [1.82, 2.24) is 0 Å². The van der Waals surface area contributed by atoms with Crippen molar-refractivity contribution in [3.63, 3.8) is 0 Å². The van der Waals surface area contributed by atoms with Crippen molar-refractivity contribution in [3.8, 4) is 0 Å². The summed E-state index contributed by atoms with van der Waals surface area (Å²) in [6, 6.07) is 8.18. The van der Waals surface area contributed by atoms with Crippen LogP contribution >= 0.6 is 21.7 Å². The number of hydrogen-bond donors (Lipinski definition) is 1. The monoisotopic (exact) mass is 280 g/mol. The molecule has 0 aliphatic carbocycles. The molecule has 0 spiro atoms. The molecule has 0 unspecified atom stereocenters. The summed E-state index contributed by atoms with van der Waals surface area (Å²) >= 11 is 6.92. The van der Waals surface area contributed by atoms with Gasteiger partial charge in [0.05, 0.1) is 0 Å². The molecule has 0 radical (unpaired) electrons. The summed E-state index contributed by atoms with van der Waals surface area (Å²) in [4.78, 5) is 0. The fourth-order valence-corrected chi connectivity index (χ4v) is 1.36. The van der Waals surface area contributed by atoms with E-state index in [9.17, 15) is 0 Å². The van der Waals surface area contributed by atoms with Crippen molar-refractivity contribution < 1.29 is 18.5 Å². The maximum atomic E-state index is 5.02. The Morgan fingerprint density at radius 2 is 2.00 bits per heavy atom. The van der Waals surface area contributed by atoms with Crippen molar-refractivity contribution in [1.29, 1.82) is 0 Å². The van der Waals surface area contributed by atoms with Crippen LogP contribution in [0, 0.1) is 6.92 Å². The molecule has 1 rings (SSSR count). The Labute approximate surface area is 91.9 Å². The summed E-state index contributed by atoms with van der Waals surface area (Å²) in [5.74, 6) is 0. The van der Waals surface area contributed by atoms with E-state index in [4.69, 9.17) is 12.2 Å². The van der Waals surface area contributed by atoms with Gasteiger partial charge in [0, 0.05) is 0 Å². The number of hydrogen-bond acceptors (Lipinski definition) is 2. The first kappa shape index (κ1) is 10.2. The van der Waals surface area contributed by atoms with Crippen LogP contribution in [0.15, 0.2) is 24.3 Å². The molecule has 1 N–H and O–H groups in total. The fraction of sp³-hybridized carbons (Fsp3) is 0.125. The van der Waals surface area contributed by atoms with Gasteiger partial charge in [0.1, 0.15) is 0 Å². The van der Waals surface area contributed by atoms with Crippen LogP contribution in [0.25, 0.3) is 0 Å². The van der Waals surface area contributed by atoms with E-state index in [2.05, 4.69) is 24.4 Å². The van der Waals surface area contributed by atoms with Crippen molar-refractivity contribution in [2.24, 2.45) is 0 Å². The zero-order chi connectivity index (χ0) is 8.97. The van der Waals surface area contributed by atoms with E-state index < -0.39 is 0 Å². The van der Waals surface area contributed by atoms with Crippen LogP contribution in [0.3, 0.4) is 0 Å². The second-order valence-electron chi connectivity index (χ2n) is 2.36. The predicted octanol–water partition coefficient (Wildman–Crippen LogP) is 2.89. The molecule has 1 nitrogen and oxygen atoms in total. The molecule has 0 aliphatic rings. The van der Waals surface area contributed by atoms with Crippen LogP contribution in [-0.4, -0.2) is 4.32 Å². The third-order valence-electron chi connectivity index (χ3n) is 1.37. The van der Waals surface area contributed by atoms with Crippen LogP contribution in [0.1, 0.15) is 5.56 Å². The van der Waals surface area contributed by atoms with Crippen molar-refractivity contribution in [3.05, 3.63) is 29.8 Å². The maximum absolute atomic E-state index is 5.02. The van der Waals surface area contributed by atoms with Crippen molar-refractivity contribution in [2.45, 2.75) is 6.92 Å². The van der Waals surface area contributed by atoms with Crippen LogP contribution in [0.2, 0.25) is 0 Å². The second kappa shape index (κ2) is 5.00. The Morgan fingerprint density at radius 3 is 2.50 bits per heavy atom. The van der Waals surface area contributed by atoms with Crippen molar-refractivity contribution >= 4 is 31.7 Å². The Morgan fingerprint density at radius 1 is 1.42 bits per heavy atom. The molecule has 0 saturated carbocycles. The molecular formula is C8H8MoNS2. The van der Waals surface area contributed by atoms with Gasteiger partial charge in [-0.15, -0.1) is 0 Å². The molecule has 12 heavy (non-hydrogen) atoms. The Balaban J connectivity index is 2.64. The van der Waals surface area contributed by atoms with E-state index in [1.54, 1.807) is 9.47 Å². The van der Waals surface area contributed by atoms with Gasteiger partial charge in [0.25, 0.3) is 0 Å². The zero-order valence-corrected chi connectivity index (χ0v) is 10.2. The SMILES string of the molecule is Cc1ccc(NC(=S)[S][Mo])cc1. The predicted molar refractivity (Wildman–Crippen MR) is 55.0 cm³/mol. The molecule has 1 aromatic rings. The van der Waals surface area contributed by atoms with Gasteiger partial charge in [-0.25, -0.2) is 0 Å². The molecule has 4 heteroatoms. The van der Waals surface area contributed by atoms with Gasteiger partial charge in [-0.3, -0.25) is 0 Å². The minimum absolute atomic E-state index is 0.809. The third-order valence-corrected chi connectivity index (χ3v) is 4.05. The van der Waals surface area contributed by atoms with Gasteiger partial charge >= 0.3 is 92.3 Å². The standard InChI is InChI=1S/C8H9NS2.Mo/c1-6-2-4-7(5-3-6)9-8(10)11;/h2-5H,1H3,(H2,9,10,11);/q;+1/p-1. The molecule has 0 aromatic heterocycles. The number of thiocarbonyl (C=S) groups is 1. The zero-order valence-electron chi connectivity index (χ0n) is 6.53. The minimum atomic E-state index is 0.809. The van der Waals surface area contributed by atoms with E-state index >= 15 is 0 Å². The third kappa shape index (κ3) is 3.26. The number of aryl methyl sites for hydroxylation is 1. The molecule has 0 aliphatic heterocycles. The first-order valence-electron chi connectivity index (χ1n) is 3.40.